The fourth-order valence-electron chi connectivity index (χ4n) is 1.69. The van der Waals surface area contributed by atoms with Crippen LogP contribution in [0.3, 0.4) is 0 Å². The molecule has 0 aliphatic heterocycles. The maximum absolute atomic E-state index is 11.9. The van der Waals surface area contributed by atoms with E-state index in [4.69, 9.17) is 4.42 Å². The first kappa shape index (κ1) is 9.71. The van der Waals surface area contributed by atoms with Crippen molar-refractivity contribution < 1.29 is 4.42 Å². The van der Waals surface area contributed by atoms with E-state index < -0.39 is 0 Å². The number of para-hydroxylation sites is 1. The summed E-state index contributed by atoms with van der Waals surface area (Å²) in [5, 5.41) is 13.9. The molecule has 6 nitrogen and oxygen atoms in total. The van der Waals surface area contributed by atoms with Gasteiger partial charge in [-0.3, -0.25) is 4.79 Å². The summed E-state index contributed by atoms with van der Waals surface area (Å²) in [6.45, 7) is 1.88. The number of nitrogens with zero attached hydrogens (tertiary/aromatic N) is 3. The number of tetrazole rings is 1. The summed E-state index contributed by atoms with van der Waals surface area (Å²) in [6.07, 6.45) is 0. The Morgan fingerprint density at radius 3 is 3.00 bits per heavy atom. The first-order chi connectivity index (χ1) is 8.25. The number of fused-ring (bicyclic) bond motifs is 1. The highest BCUT2D eigenvalue weighted by Gasteiger charge is 2.11. The third kappa shape index (κ3) is 1.50. The van der Waals surface area contributed by atoms with Crippen molar-refractivity contribution in [1.82, 2.24) is 20.6 Å². The second kappa shape index (κ2) is 3.51. The molecule has 0 unspecified atom stereocenters. The van der Waals surface area contributed by atoms with Gasteiger partial charge in [-0.05, 0) is 23.8 Å². The molecule has 0 spiro atoms. The highest BCUT2D eigenvalue weighted by Crippen LogP contribution is 2.20. The Morgan fingerprint density at radius 2 is 2.24 bits per heavy atom. The highest BCUT2D eigenvalue weighted by atomic mass is 16.3. The van der Waals surface area contributed by atoms with Crippen LogP contribution in [0, 0.1) is 6.92 Å². The van der Waals surface area contributed by atoms with Gasteiger partial charge in [-0.15, -0.1) is 10.2 Å². The molecule has 6 heteroatoms. The topological polar surface area (TPSA) is 84.7 Å². The summed E-state index contributed by atoms with van der Waals surface area (Å²) in [5.74, 6) is 0.581. The summed E-state index contributed by atoms with van der Waals surface area (Å²) in [6, 6.07) is 6.80. The molecule has 0 atom stereocenters. The van der Waals surface area contributed by atoms with Gasteiger partial charge in [0.1, 0.15) is 5.58 Å². The normalized spacial score (nSPS) is 10.9. The van der Waals surface area contributed by atoms with Crippen LogP contribution in [0.5, 0.6) is 0 Å². The van der Waals surface area contributed by atoms with Crippen LogP contribution in [0.4, 0.5) is 0 Å². The first-order valence-electron chi connectivity index (χ1n) is 5.03. The summed E-state index contributed by atoms with van der Waals surface area (Å²) >= 11 is 0. The lowest BCUT2D eigenvalue weighted by molar-refractivity contribution is 0.610. The molecule has 0 saturated heterocycles. The summed E-state index contributed by atoms with van der Waals surface area (Å²) in [7, 11) is 0. The predicted molar refractivity (Wildman–Crippen MR) is 60.4 cm³/mol. The lowest BCUT2D eigenvalue weighted by Crippen LogP contribution is -2.01. The van der Waals surface area contributed by atoms with Gasteiger partial charge in [-0.25, -0.2) is 0 Å². The molecule has 0 aliphatic rings. The zero-order valence-electron chi connectivity index (χ0n) is 8.97. The van der Waals surface area contributed by atoms with Crippen LogP contribution in [0.25, 0.3) is 22.6 Å². The monoisotopic (exact) mass is 228 g/mol. The van der Waals surface area contributed by atoms with Gasteiger partial charge >= 0.3 is 0 Å². The largest absolute Gasteiger partial charge is 0.452 e. The quantitative estimate of drug-likeness (QED) is 0.678. The fourth-order valence-corrected chi connectivity index (χ4v) is 1.69. The van der Waals surface area contributed by atoms with Crippen LogP contribution in [-0.4, -0.2) is 20.6 Å². The number of aryl methyl sites for hydroxylation is 1. The number of H-pyrrole nitrogens is 1. The van der Waals surface area contributed by atoms with Gasteiger partial charge in [0.2, 0.25) is 5.82 Å². The third-order valence-electron chi connectivity index (χ3n) is 2.52. The minimum absolute atomic E-state index is 0.116. The molecule has 3 aromatic rings. The summed E-state index contributed by atoms with van der Waals surface area (Å²) in [5.41, 5.74) is 1.33. The highest BCUT2D eigenvalue weighted by molar-refractivity contribution is 5.80. The van der Waals surface area contributed by atoms with Gasteiger partial charge in [0, 0.05) is 6.07 Å². The van der Waals surface area contributed by atoms with E-state index in [-0.39, 0.29) is 11.3 Å². The maximum atomic E-state index is 11.9. The molecular formula is C11H8N4O2. The van der Waals surface area contributed by atoms with Crippen molar-refractivity contribution >= 4 is 11.0 Å². The van der Waals surface area contributed by atoms with E-state index in [1.54, 1.807) is 6.07 Å². The van der Waals surface area contributed by atoms with E-state index in [1.165, 1.54) is 6.07 Å². The zero-order chi connectivity index (χ0) is 11.8. The molecule has 0 aliphatic carbocycles. The van der Waals surface area contributed by atoms with E-state index in [2.05, 4.69) is 20.6 Å². The molecule has 0 radical (unpaired) electrons. The van der Waals surface area contributed by atoms with Crippen molar-refractivity contribution in [2.75, 3.05) is 0 Å². The Kier molecular flexibility index (Phi) is 2.01. The van der Waals surface area contributed by atoms with Gasteiger partial charge < -0.3 is 4.42 Å². The van der Waals surface area contributed by atoms with Gasteiger partial charge in [0.05, 0.1) is 5.39 Å². The van der Waals surface area contributed by atoms with E-state index in [0.717, 1.165) is 5.56 Å². The van der Waals surface area contributed by atoms with Crippen molar-refractivity contribution in [3.8, 4) is 11.6 Å². The lowest BCUT2D eigenvalue weighted by Gasteiger charge is -2.01. The Hall–Kier alpha value is -2.50. The molecular weight excluding hydrogens is 220 g/mol. The minimum atomic E-state index is -0.116. The minimum Gasteiger partial charge on any atom is -0.452 e. The second-order valence-corrected chi connectivity index (χ2v) is 3.66. The van der Waals surface area contributed by atoms with Crippen LogP contribution in [0.1, 0.15) is 5.56 Å². The molecule has 0 bridgehead atoms. The third-order valence-corrected chi connectivity index (χ3v) is 2.52. The van der Waals surface area contributed by atoms with E-state index in [1.807, 2.05) is 19.1 Å². The number of benzene rings is 1. The molecule has 0 fully saturated rings. The Bertz CT molecular complexity index is 731. The predicted octanol–water partition coefficient (Wildman–Crippen LogP) is 1.28. The van der Waals surface area contributed by atoms with Crippen molar-refractivity contribution in [2.45, 2.75) is 6.92 Å². The molecule has 1 N–H and O–H groups in total. The molecule has 3 rings (SSSR count). The molecule has 1 aromatic carbocycles. The molecule has 17 heavy (non-hydrogen) atoms. The molecule has 0 saturated carbocycles. The Labute approximate surface area is 95.3 Å². The SMILES string of the molecule is Cc1cccc2c(=O)cc(-c3nn[nH]n3)oc12. The average Bonchev–Trinajstić information content (AvgIpc) is 2.84. The van der Waals surface area contributed by atoms with Crippen molar-refractivity contribution in [3.63, 3.8) is 0 Å². The fraction of sp³-hybridized carbons (Fsp3) is 0.0909. The van der Waals surface area contributed by atoms with Crippen molar-refractivity contribution in [1.29, 1.82) is 0 Å². The number of rotatable bonds is 1. The second-order valence-electron chi connectivity index (χ2n) is 3.66. The zero-order valence-corrected chi connectivity index (χ0v) is 8.97. The maximum Gasteiger partial charge on any atom is 0.239 e. The van der Waals surface area contributed by atoms with E-state index in [0.29, 0.717) is 16.7 Å². The van der Waals surface area contributed by atoms with Crippen LogP contribution in [-0.2, 0) is 0 Å². The smallest absolute Gasteiger partial charge is 0.239 e. The number of hydrogen-bond acceptors (Lipinski definition) is 5. The average molecular weight is 228 g/mol. The van der Waals surface area contributed by atoms with Gasteiger partial charge in [-0.2, -0.15) is 5.21 Å². The lowest BCUT2D eigenvalue weighted by atomic mass is 10.1. The molecule has 0 amide bonds. The summed E-state index contributed by atoms with van der Waals surface area (Å²) in [4.78, 5) is 11.9. The molecule has 2 aromatic heterocycles. The van der Waals surface area contributed by atoms with Crippen LogP contribution in [0.15, 0.2) is 33.5 Å². The Morgan fingerprint density at radius 1 is 1.35 bits per heavy atom. The Balaban J connectivity index is 2.38. The molecule has 2 heterocycles. The van der Waals surface area contributed by atoms with Gasteiger partial charge in [0.25, 0.3) is 0 Å². The van der Waals surface area contributed by atoms with Crippen molar-refractivity contribution in [2.24, 2.45) is 0 Å². The number of hydrogen-bond donors (Lipinski definition) is 1. The number of nitrogens with one attached hydrogen (secondary N) is 1. The van der Waals surface area contributed by atoms with Crippen LogP contribution in [0.2, 0.25) is 0 Å². The molecule has 84 valence electrons. The van der Waals surface area contributed by atoms with Gasteiger partial charge in [-0.1, -0.05) is 12.1 Å². The number of aromatic amines is 1. The number of aromatic nitrogens is 4. The van der Waals surface area contributed by atoms with E-state index in [9.17, 15) is 4.79 Å². The summed E-state index contributed by atoms with van der Waals surface area (Å²) < 4.78 is 5.63. The standard InChI is InChI=1S/C11H8N4O2/c1-6-3-2-4-7-8(16)5-9(17-10(6)7)11-12-14-15-13-11/h2-5H,1H3,(H,12,13,14,15). The van der Waals surface area contributed by atoms with Crippen LogP contribution >= 0.6 is 0 Å². The van der Waals surface area contributed by atoms with E-state index >= 15 is 0 Å². The first-order valence-corrected chi connectivity index (χ1v) is 5.03. The van der Waals surface area contributed by atoms with Gasteiger partial charge in [0.15, 0.2) is 11.2 Å². The van der Waals surface area contributed by atoms with Crippen LogP contribution < -0.4 is 5.43 Å². The van der Waals surface area contributed by atoms with Crippen molar-refractivity contribution in [3.05, 3.63) is 40.1 Å².